The van der Waals surface area contributed by atoms with Gasteiger partial charge in [-0.05, 0) is 48.8 Å². The van der Waals surface area contributed by atoms with Crippen LogP contribution in [0.3, 0.4) is 0 Å². The summed E-state index contributed by atoms with van der Waals surface area (Å²) in [6.45, 7) is 0. The molecule has 1 aromatic carbocycles. The Morgan fingerprint density at radius 1 is 1.00 bits per heavy atom. The fraction of sp³-hybridized carbons (Fsp3) is 0.476. The van der Waals surface area contributed by atoms with Gasteiger partial charge in [0.2, 0.25) is 5.91 Å². The van der Waals surface area contributed by atoms with Crippen molar-refractivity contribution >= 4 is 5.91 Å². The number of benzene rings is 1. The zero-order chi connectivity index (χ0) is 17.2. The van der Waals surface area contributed by atoms with E-state index in [-0.39, 0.29) is 5.91 Å². The molecule has 0 atom stereocenters. The lowest BCUT2D eigenvalue weighted by atomic mass is 10.0. The maximum atomic E-state index is 11.0. The molecule has 2 N–H and O–H groups in total. The number of fused-ring (bicyclic) bond motifs is 1. The van der Waals surface area contributed by atoms with Crippen LogP contribution in [0.5, 0.6) is 0 Å². The number of aryl methyl sites for hydroxylation is 1. The number of rotatable bonds is 5. The topological polar surface area (TPSA) is 68.9 Å². The molecule has 0 saturated heterocycles. The molecule has 0 radical (unpaired) electrons. The maximum absolute atomic E-state index is 11.0. The van der Waals surface area contributed by atoms with Crippen molar-refractivity contribution in [2.75, 3.05) is 0 Å². The van der Waals surface area contributed by atoms with Crippen LogP contribution in [0.1, 0.15) is 71.9 Å². The van der Waals surface area contributed by atoms with E-state index in [1.807, 2.05) is 12.1 Å². The summed E-state index contributed by atoms with van der Waals surface area (Å²) >= 11 is 0. The summed E-state index contributed by atoms with van der Waals surface area (Å²) < 4.78 is 0. The first-order valence-electron chi connectivity index (χ1n) is 9.44. The average Bonchev–Trinajstić information content (AvgIpc) is 3.27. The zero-order valence-electron chi connectivity index (χ0n) is 14.6. The van der Waals surface area contributed by atoms with Crippen molar-refractivity contribution in [3.8, 4) is 0 Å². The number of hydrogen-bond donors (Lipinski definition) is 1. The van der Waals surface area contributed by atoms with Crippen molar-refractivity contribution in [2.24, 2.45) is 5.73 Å². The smallest absolute Gasteiger partial charge is 0.221 e. The van der Waals surface area contributed by atoms with Gasteiger partial charge in [0.05, 0.1) is 12.1 Å². The van der Waals surface area contributed by atoms with Gasteiger partial charge in [-0.3, -0.25) is 4.79 Å². The molecule has 0 bridgehead atoms. The first kappa shape index (κ1) is 16.2. The lowest BCUT2D eigenvalue weighted by molar-refractivity contribution is -0.117. The molecule has 1 aromatic heterocycles. The molecule has 25 heavy (non-hydrogen) atoms. The second-order valence-electron chi connectivity index (χ2n) is 7.43. The SMILES string of the molecule is NC(=O)Cc1ccc(Cc2nc(C3CCCC3)nc3c2CCC3)cc1. The van der Waals surface area contributed by atoms with Crippen molar-refractivity contribution in [3.05, 3.63) is 58.2 Å². The van der Waals surface area contributed by atoms with E-state index in [9.17, 15) is 4.79 Å². The molecular formula is C21H25N3O. The fourth-order valence-corrected chi connectivity index (χ4v) is 4.21. The standard InChI is InChI=1S/C21H25N3O/c22-20(25)13-15-10-8-14(9-11-15)12-19-17-6-3-7-18(17)23-21(24-19)16-4-1-2-5-16/h8-11,16H,1-7,12-13H2,(H2,22,25). The van der Waals surface area contributed by atoms with Crippen LogP contribution in [0.2, 0.25) is 0 Å². The molecule has 2 aliphatic rings. The summed E-state index contributed by atoms with van der Waals surface area (Å²) in [6.07, 6.45) is 9.64. The van der Waals surface area contributed by atoms with Crippen LogP contribution in [0, 0.1) is 0 Å². The molecule has 4 rings (SSSR count). The molecule has 2 aliphatic carbocycles. The van der Waals surface area contributed by atoms with Crippen molar-refractivity contribution in [1.29, 1.82) is 0 Å². The number of nitrogens with zero attached hydrogens (tertiary/aromatic N) is 2. The highest BCUT2D eigenvalue weighted by molar-refractivity contribution is 5.76. The molecule has 0 unspecified atom stereocenters. The summed E-state index contributed by atoms with van der Waals surface area (Å²) in [5.74, 6) is 1.35. The average molecular weight is 335 g/mol. The lowest BCUT2D eigenvalue weighted by Gasteiger charge is -2.14. The van der Waals surface area contributed by atoms with Crippen molar-refractivity contribution in [1.82, 2.24) is 9.97 Å². The van der Waals surface area contributed by atoms with E-state index in [1.54, 1.807) is 0 Å². The van der Waals surface area contributed by atoms with Crippen molar-refractivity contribution in [2.45, 2.75) is 63.7 Å². The third kappa shape index (κ3) is 3.58. The number of carbonyl (C=O) groups excluding carboxylic acids is 1. The Morgan fingerprint density at radius 3 is 2.44 bits per heavy atom. The van der Waals surface area contributed by atoms with E-state index in [2.05, 4.69) is 12.1 Å². The third-order valence-corrected chi connectivity index (χ3v) is 5.53. The Labute approximate surface area is 148 Å². The quantitative estimate of drug-likeness (QED) is 0.912. The number of carbonyl (C=O) groups is 1. The number of primary amides is 1. The van der Waals surface area contributed by atoms with Crippen LogP contribution in [0.4, 0.5) is 0 Å². The zero-order valence-corrected chi connectivity index (χ0v) is 14.6. The molecule has 4 nitrogen and oxygen atoms in total. The second-order valence-corrected chi connectivity index (χ2v) is 7.43. The second kappa shape index (κ2) is 6.95. The van der Waals surface area contributed by atoms with Crippen LogP contribution < -0.4 is 5.73 Å². The van der Waals surface area contributed by atoms with E-state index >= 15 is 0 Å². The van der Waals surface area contributed by atoms with Crippen LogP contribution in [0.25, 0.3) is 0 Å². The van der Waals surface area contributed by atoms with Crippen LogP contribution in [0.15, 0.2) is 24.3 Å². The molecule has 4 heteroatoms. The van der Waals surface area contributed by atoms with Gasteiger partial charge in [0, 0.05) is 18.0 Å². The maximum Gasteiger partial charge on any atom is 0.221 e. The molecule has 1 heterocycles. The largest absolute Gasteiger partial charge is 0.369 e. The summed E-state index contributed by atoms with van der Waals surface area (Å²) in [6, 6.07) is 8.19. The summed E-state index contributed by atoms with van der Waals surface area (Å²) in [7, 11) is 0. The fourth-order valence-electron chi connectivity index (χ4n) is 4.21. The Balaban J connectivity index is 1.59. The van der Waals surface area contributed by atoms with Crippen molar-refractivity contribution in [3.63, 3.8) is 0 Å². The molecule has 2 aromatic rings. The van der Waals surface area contributed by atoms with Gasteiger partial charge in [-0.25, -0.2) is 9.97 Å². The first-order valence-corrected chi connectivity index (χ1v) is 9.44. The van der Waals surface area contributed by atoms with E-state index in [1.165, 1.54) is 54.6 Å². The lowest BCUT2D eigenvalue weighted by Crippen LogP contribution is -2.13. The minimum atomic E-state index is -0.289. The van der Waals surface area contributed by atoms with Gasteiger partial charge in [-0.2, -0.15) is 0 Å². The molecule has 0 aliphatic heterocycles. The molecule has 1 amide bonds. The van der Waals surface area contributed by atoms with Gasteiger partial charge < -0.3 is 5.73 Å². The number of amides is 1. The van der Waals surface area contributed by atoms with Gasteiger partial charge in [0.15, 0.2) is 0 Å². The van der Waals surface area contributed by atoms with Gasteiger partial charge in [-0.1, -0.05) is 37.1 Å². The van der Waals surface area contributed by atoms with Gasteiger partial charge in [-0.15, -0.1) is 0 Å². The summed E-state index contributed by atoms with van der Waals surface area (Å²) in [5.41, 5.74) is 11.4. The number of aromatic nitrogens is 2. The summed E-state index contributed by atoms with van der Waals surface area (Å²) in [5, 5.41) is 0. The highest BCUT2D eigenvalue weighted by Crippen LogP contribution is 2.34. The van der Waals surface area contributed by atoms with Crippen LogP contribution in [-0.2, 0) is 30.5 Å². The van der Waals surface area contributed by atoms with Gasteiger partial charge in [0.25, 0.3) is 0 Å². The highest BCUT2D eigenvalue weighted by atomic mass is 16.1. The Hall–Kier alpha value is -2.23. The Bertz CT molecular complexity index is 776. The van der Waals surface area contributed by atoms with E-state index in [4.69, 9.17) is 15.7 Å². The van der Waals surface area contributed by atoms with Crippen molar-refractivity contribution < 1.29 is 4.79 Å². The molecular weight excluding hydrogens is 310 g/mol. The Morgan fingerprint density at radius 2 is 1.72 bits per heavy atom. The predicted molar refractivity (Wildman–Crippen MR) is 97.4 cm³/mol. The predicted octanol–water partition coefficient (Wildman–Crippen LogP) is 3.24. The van der Waals surface area contributed by atoms with Crippen LogP contribution in [-0.4, -0.2) is 15.9 Å². The van der Waals surface area contributed by atoms with E-state index < -0.39 is 0 Å². The molecule has 1 fully saturated rings. The normalized spacial score (nSPS) is 17.0. The summed E-state index contributed by atoms with van der Waals surface area (Å²) in [4.78, 5) is 21.0. The first-order chi connectivity index (χ1) is 12.2. The van der Waals surface area contributed by atoms with Gasteiger partial charge in [0.1, 0.15) is 5.82 Å². The Kier molecular flexibility index (Phi) is 4.51. The minimum absolute atomic E-state index is 0.289. The van der Waals surface area contributed by atoms with E-state index in [0.717, 1.165) is 30.7 Å². The number of nitrogens with two attached hydrogens (primary N) is 1. The molecule has 1 saturated carbocycles. The minimum Gasteiger partial charge on any atom is -0.369 e. The monoisotopic (exact) mass is 335 g/mol. The molecule has 130 valence electrons. The third-order valence-electron chi connectivity index (χ3n) is 5.53. The van der Waals surface area contributed by atoms with Gasteiger partial charge >= 0.3 is 0 Å². The van der Waals surface area contributed by atoms with E-state index in [0.29, 0.717) is 12.3 Å². The van der Waals surface area contributed by atoms with Crippen LogP contribution >= 0.6 is 0 Å². The number of hydrogen-bond acceptors (Lipinski definition) is 3. The highest BCUT2D eigenvalue weighted by Gasteiger charge is 2.25. The molecule has 0 spiro atoms.